The van der Waals surface area contributed by atoms with E-state index in [2.05, 4.69) is 35.0 Å². The molecule has 5 heteroatoms. The van der Waals surface area contributed by atoms with E-state index in [1.807, 2.05) is 59.6 Å². The third kappa shape index (κ3) is 4.39. The fraction of sp³-hybridized carbons (Fsp3) is 0.333. The molecular weight excluding hydrogens is 398 g/mol. The minimum absolute atomic E-state index is 0.262. The summed E-state index contributed by atoms with van der Waals surface area (Å²) in [6.07, 6.45) is 3.60. The fourth-order valence-corrected chi connectivity index (χ4v) is 4.87. The van der Waals surface area contributed by atoms with Gasteiger partial charge >= 0.3 is 0 Å². The number of pyridine rings is 1. The monoisotopic (exact) mass is 427 g/mol. The first-order valence-electron chi connectivity index (χ1n) is 11.4. The first-order valence-corrected chi connectivity index (χ1v) is 11.4. The number of aromatic nitrogens is 1. The second-order valence-electron chi connectivity index (χ2n) is 9.17. The van der Waals surface area contributed by atoms with Gasteiger partial charge < -0.3 is 9.64 Å². The molecular formula is C27H29N3O2. The number of nitrogens with zero attached hydrogens (tertiary/aromatic N) is 3. The highest BCUT2D eigenvalue weighted by Crippen LogP contribution is 2.34. The van der Waals surface area contributed by atoms with Crippen LogP contribution in [0.3, 0.4) is 0 Å². The molecule has 1 unspecified atom stereocenters. The van der Waals surface area contributed by atoms with Gasteiger partial charge in [0.1, 0.15) is 11.5 Å². The highest BCUT2D eigenvalue weighted by atomic mass is 16.5. The molecule has 1 fully saturated rings. The number of hydrogen-bond donors (Lipinski definition) is 0. The van der Waals surface area contributed by atoms with Crippen molar-refractivity contribution >= 4 is 5.91 Å². The second kappa shape index (κ2) is 8.75. The van der Waals surface area contributed by atoms with Crippen LogP contribution in [-0.2, 0) is 24.3 Å². The third-order valence-electron chi connectivity index (χ3n) is 6.62. The molecule has 5 nitrogen and oxygen atoms in total. The Balaban J connectivity index is 1.22. The number of benzene rings is 2. The second-order valence-corrected chi connectivity index (χ2v) is 9.17. The van der Waals surface area contributed by atoms with Gasteiger partial charge in [-0.3, -0.25) is 14.7 Å². The Morgan fingerprint density at radius 3 is 2.75 bits per heavy atom. The largest absolute Gasteiger partial charge is 0.457 e. The van der Waals surface area contributed by atoms with E-state index in [4.69, 9.17) is 4.74 Å². The van der Waals surface area contributed by atoms with Crippen LogP contribution in [0.5, 0.6) is 11.5 Å². The summed E-state index contributed by atoms with van der Waals surface area (Å²) in [4.78, 5) is 22.3. The van der Waals surface area contributed by atoms with Crippen LogP contribution in [0.4, 0.5) is 0 Å². The molecule has 3 heterocycles. The van der Waals surface area contributed by atoms with Gasteiger partial charge in [0.15, 0.2) is 0 Å². The summed E-state index contributed by atoms with van der Waals surface area (Å²) in [5, 5.41) is 0. The smallest absolute Gasteiger partial charge is 0.230 e. The number of para-hydroxylation sites is 1. The molecule has 3 aromatic rings. The summed E-state index contributed by atoms with van der Waals surface area (Å²) in [6.45, 7) is 6.06. The number of amides is 1. The zero-order chi connectivity index (χ0) is 22.0. The molecule has 0 saturated carbocycles. The van der Waals surface area contributed by atoms with Gasteiger partial charge in [0.05, 0.1) is 17.7 Å². The van der Waals surface area contributed by atoms with Gasteiger partial charge in [-0.25, -0.2) is 0 Å². The van der Waals surface area contributed by atoms with Crippen molar-refractivity contribution in [2.45, 2.75) is 32.9 Å². The van der Waals surface area contributed by atoms with Crippen LogP contribution in [0.25, 0.3) is 0 Å². The quantitative estimate of drug-likeness (QED) is 0.594. The van der Waals surface area contributed by atoms with Crippen molar-refractivity contribution in [3.8, 4) is 11.5 Å². The number of carbonyl (C=O) groups is 1. The van der Waals surface area contributed by atoms with Crippen LogP contribution in [0, 0.1) is 5.41 Å². The fourth-order valence-electron chi connectivity index (χ4n) is 4.87. The Hall–Kier alpha value is -3.18. The zero-order valence-electron chi connectivity index (χ0n) is 18.5. The number of fused-ring (bicyclic) bond motifs is 1. The maximum absolute atomic E-state index is 13.4. The molecule has 2 aromatic carbocycles. The summed E-state index contributed by atoms with van der Waals surface area (Å²) in [7, 11) is 0. The summed E-state index contributed by atoms with van der Waals surface area (Å²) in [5.41, 5.74) is 3.17. The van der Waals surface area contributed by atoms with Crippen molar-refractivity contribution in [1.29, 1.82) is 0 Å². The standard InChI is InChI=1S/C27H29N3O2/c1-27(26(31)30-15-12-22-8-6-14-28-25(22)19-30)13-16-29(20-27)18-21-7-5-11-24(17-21)32-23-9-3-2-4-10-23/h2-11,14,17H,12-13,15-16,18-20H2,1H3. The molecule has 0 aliphatic carbocycles. The van der Waals surface area contributed by atoms with E-state index < -0.39 is 0 Å². The Kier molecular flexibility index (Phi) is 5.66. The molecule has 1 aromatic heterocycles. The van der Waals surface area contributed by atoms with Crippen LogP contribution in [0.15, 0.2) is 72.9 Å². The lowest BCUT2D eigenvalue weighted by atomic mass is 9.87. The summed E-state index contributed by atoms with van der Waals surface area (Å²) >= 11 is 0. The molecule has 1 amide bonds. The van der Waals surface area contributed by atoms with Gasteiger partial charge in [-0.2, -0.15) is 0 Å². The first kappa shape index (κ1) is 20.7. The van der Waals surface area contributed by atoms with Gasteiger partial charge in [0, 0.05) is 25.8 Å². The van der Waals surface area contributed by atoms with Crippen LogP contribution in [0.1, 0.15) is 30.2 Å². The summed E-state index contributed by atoms with van der Waals surface area (Å²) in [6, 6.07) is 22.2. The maximum atomic E-state index is 13.4. The molecule has 0 N–H and O–H groups in total. The van der Waals surface area contributed by atoms with Gasteiger partial charge in [-0.1, -0.05) is 36.4 Å². The number of ether oxygens (including phenoxy) is 1. The van der Waals surface area contributed by atoms with Crippen LogP contribution < -0.4 is 4.74 Å². The minimum atomic E-state index is -0.343. The van der Waals surface area contributed by atoms with Crippen molar-refractivity contribution < 1.29 is 9.53 Å². The SMILES string of the molecule is CC1(C(=O)N2CCc3cccnc3C2)CCN(Cc2cccc(Oc3ccccc3)c2)C1. The van der Waals surface area contributed by atoms with E-state index >= 15 is 0 Å². The highest BCUT2D eigenvalue weighted by molar-refractivity contribution is 5.83. The van der Waals surface area contributed by atoms with E-state index in [0.29, 0.717) is 6.54 Å². The van der Waals surface area contributed by atoms with E-state index in [1.165, 1.54) is 11.1 Å². The van der Waals surface area contributed by atoms with Crippen LogP contribution in [-0.4, -0.2) is 40.3 Å². The van der Waals surface area contributed by atoms with E-state index in [1.54, 1.807) is 0 Å². The van der Waals surface area contributed by atoms with E-state index in [-0.39, 0.29) is 11.3 Å². The van der Waals surface area contributed by atoms with E-state index in [0.717, 1.165) is 56.2 Å². The van der Waals surface area contributed by atoms with Gasteiger partial charge in [0.2, 0.25) is 5.91 Å². The average molecular weight is 428 g/mol. The first-order chi connectivity index (χ1) is 15.6. The Labute approximate surface area is 189 Å². The number of likely N-dealkylation sites (tertiary alicyclic amines) is 1. The normalized spacial score (nSPS) is 20.7. The number of carbonyl (C=O) groups excluding carboxylic acids is 1. The zero-order valence-corrected chi connectivity index (χ0v) is 18.5. The highest BCUT2D eigenvalue weighted by Gasteiger charge is 2.43. The average Bonchev–Trinajstić information content (AvgIpc) is 3.20. The summed E-state index contributed by atoms with van der Waals surface area (Å²) < 4.78 is 5.99. The van der Waals surface area contributed by atoms with Crippen molar-refractivity contribution in [2.75, 3.05) is 19.6 Å². The van der Waals surface area contributed by atoms with Crippen molar-refractivity contribution in [3.05, 3.63) is 89.7 Å². The van der Waals surface area contributed by atoms with Crippen molar-refractivity contribution in [2.24, 2.45) is 5.41 Å². The molecule has 2 aliphatic rings. The number of hydrogen-bond acceptors (Lipinski definition) is 4. The molecule has 0 bridgehead atoms. The maximum Gasteiger partial charge on any atom is 0.230 e. The lowest BCUT2D eigenvalue weighted by molar-refractivity contribution is -0.141. The Bertz CT molecular complexity index is 1100. The van der Waals surface area contributed by atoms with Gasteiger partial charge in [-0.05, 0) is 67.8 Å². The Morgan fingerprint density at radius 2 is 1.88 bits per heavy atom. The topological polar surface area (TPSA) is 45.7 Å². The molecule has 0 spiro atoms. The molecule has 5 rings (SSSR count). The molecule has 2 aliphatic heterocycles. The lowest BCUT2D eigenvalue weighted by Crippen LogP contribution is -2.46. The van der Waals surface area contributed by atoms with Crippen LogP contribution in [0.2, 0.25) is 0 Å². The Morgan fingerprint density at radius 1 is 1.03 bits per heavy atom. The number of rotatable bonds is 5. The van der Waals surface area contributed by atoms with Crippen LogP contribution >= 0.6 is 0 Å². The predicted molar refractivity (Wildman–Crippen MR) is 124 cm³/mol. The van der Waals surface area contributed by atoms with Crippen molar-refractivity contribution in [3.63, 3.8) is 0 Å². The lowest BCUT2D eigenvalue weighted by Gasteiger charge is -2.34. The minimum Gasteiger partial charge on any atom is -0.457 e. The van der Waals surface area contributed by atoms with Gasteiger partial charge in [0.25, 0.3) is 0 Å². The molecule has 32 heavy (non-hydrogen) atoms. The van der Waals surface area contributed by atoms with Crippen molar-refractivity contribution in [1.82, 2.24) is 14.8 Å². The summed E-state index contributed by atoms with van der Waals surface area (Å²) in [5.74, 6) is 1.94. The molecule has 1 saturated heterocycles. The molecule has 164 valence electrons. The third-order valence-corrected chi connectivity index (χ3v) is 6.62. The molecule has 1 atom stereocenters. The van der Waals surface area contributed by atoms with Gasteiger partial charge in [-0.15, -0.1) is 0 Å². The molecule has 0 radical (unpaired) electrons. The van der Waals surface area contributed by atoms with E-state index in [9.17, 15) is 4.79 Å². The predicted octanol–water partition coefficient (Wildman–Crippen LogP) is 4.67.